The van der Waals surface area contributed by atoms with Gasteiger partial charge in [0.2, 0.25) is 0 Å². The van der Waals surface area contributed by atoms with Gasteiger partial charge in [0.25, 0.3) is 0 Å². The fraction of sp³-hybridized carbons (Fsp3) is 0.778. The highest BCUT2D eigenvalue weighted by molar-refractivity contribution is 5.70. The van der Waals surface area contributed by atoms with Crippen LogP contribution in [-0.4, -0.2) is 50.2 Å². The van der Waals surface area contributed by atoms with Gasteiger partial charge in [-0.15, -0.1) is 0 Å². The smallest absolute Gasteiger partial charge is 0.306 e. The summed E-state index contributed by atoms with van der Waals surface area (Å²) in [5.74, 6) is 0.214. The largest absolute Gasteiger partial charge is 0.466 e. The van der Waals surface area contributed by atoms with Crippen molar-refractivity contribution in [3.05, 3.63) is 36.5 Å². The van der Waals surface area contributed by atoms with Gasteiger partial charge >= 0.3 is 11.9 Å². The Kier molecular flexibility index (Phi) is 23.4. The van der Waals surface area contributed by atoms with E-state index in [4.69, 9.17) is 9.47 Å². The van der Waals surface area contributed by atoms with E-state index in [-0.39, 0.29) is 29.9 Å². The zero-order valence-corrected chi connectivity index (χ0v) is 27.1. The minimum absolute atomic E-state index is 0.0891. The molecule has 0 saturated heterocycles. The second-order valence-corrected chi connectivity index (χ2v) is 12.1. The average Bonchev–Trinajstić information content (AvgIpc) is 3.30. The number of unbranched alkanes of at least 4 members (excludes halogenated alkanes) is 9. The molecule has 5 heteroatoms. The van der Waals surface area contributed by atoms with E-state index in [2.05, 4.69) is 55.2 Å². The van der Waals surface area contributed by atoms with Crippen LogP contribution in [0.3, 0.4) is 0 Å². The molecule has 0 spiro atoms. The van der Waals surface area contributed by atoms with Crippen LogP contribution in [0, 0.1) is 11.8 Å². The highest BCUT2D eigenvalue weighted by Gasteiger charge is 2.38. The summed E-state index contributed by atoms with van der Waals surface area (Å²) in [4.78, 5) is 27.1. The van der Waals surface area contributed by atoms with Gasteiger partial charge in [-0.25, -0.2) is 0 Å². The summed E-state index contributed by atoms with van der Waals surface area (Å²) < 4.78 is 11.5. The Labute approximate surface area is 253 Å². The molecule has 5 nitrogen and oxygen atoms in total. The molecule has 0 aromatic rings. The van der Waals surface area contributed by atoms with E-state index in [1.54, 1.807) is 0 Å². The van der Waals surface area contributed by atoms with E-state index in [1.807, 2.05) is 14.1 Å². The lowest BCUT2D eigenvalue weighted by Crippen LogP contribution is -2.27. The van der Waals surface area contributed by atoms with Gasteiger partial charge in [-0.1, -0.05) is 88.8 Å². The van der Waals surface area contributed by atoms with E-state index < -0.39 is 0 Å². The summed E-state index contributed by atoms with van der Waals surface area (Å²) >= 11 is 0. The Morgan fingerprint density at radius 1 is 0.756 bits per heavy atom. The van der Waals surface area contributed by atoms with E-state index in [9.17, 15) is 9.59 Å². The van der Waals surface area contributed by atoms with Crippen LogP contribution in [0.25, 0.3) is 0 Å². The zero-order valence-electron chi connectivity index (χ0n) is 27.1. The van der Waals surface area contributed by atoms with Crippen molar-refractivity contribution < 1.29 is 19.1 Å². The van der Waals surface area contributed by atoms with Crippen molar-refractivity contribution in [3.63, 3.8) is 0 Å². The van der Waals surface area contributed by atoms with Gasteiger partial charge in [-0.2, -0.15) is 0 Å². The first kappa shape index (κ1) is 37.1. The van der Waals surface area contributed by atoms with Crippen molar-refractivity contribution in [2.45, 2.75) is 142 Å². The topological polar surface area (TPSA) is 55.8 Å². The molecule has 1 rings (SSSR count). The Bertz CT molecular complexity index is 742. The van der Waals surface area contributed by atoms with Crippen LogP contribution in [0.1, 0.15) is 136 Å². The van der Waals surface area contributed by atoms with Gasteiger partial charge in [0.05, 0.1) is 6.61 Å². The number of esters is 2. The predicted molar refractivity (Wildman–Crippen MR) is 173 cm³/mol. The number of hydrogen-bond acceptors (Lipinski definition) is 5. The maximum Gasteiger partial charge on any atom is 0.306 e. The first-order valence-corrected chi connectivity index (χ1v) is 16.9. The molecule has 236 valence electrons. The molecule has 3 atom stereocenters. The standard InChI is InChI=1S/C36H63NO4/c1-5-7-9-10-11-12-13-14-15-16-17-18-19-20-21-23-30-40-36(39)31-32-27-28-34(33(32)25-22-8-6-2)41-35(38)26-24-29-37(3)4/h8,11-12,14-15,22,32-34H,5-7,9-10,13,16-21,23-31H2,1-4H3/b12-11-,15-14-,22-8-. The summed E-state index contributed by atoms with van der Waals surface area (Å²) in [6, 6.07) is 0. The second kappa shape index (κ2) is 25.8. The van der Waals surface area contributed by atoms with Crippen LogP contribution < -0.4 is 0 Å². The average molecular weight is 574 g/mol. The quantitative estimate of drug-likeness (QED) is 0.0618. The van der Waals surface area contributed by atoms with Crippen LogP contribution in [0.15, 0.2) is 36.5 Å². The Morgan fingerprint density at radius 2 is 1.44 bits per heavy atom. The maximum atomic E-state index is 12.6. The molecule has 0 N–H and O–H groups in total. The number of hydrogen-bond donors (Lipinski definition) is 0. The van der Waals surface area contributed by atoms with Gasteiger partial charge in [0.15, 0.2) is 0 Å². The fourth-order valence-corrected chi connectivity index (χ4v) is 5.59. The summed E-state index contributed by atoms with van der Waals surface area (Å²) in [6.45, 7) is 5.77. The monoisotopic (exact) mass is 573 g/mol. The van der Waals surface area contributed by atoms with Crippen LogP contribution in [0.5, 0.6) is 0 Å². The molecule has 0 aromatic carbocycles. The van der Waals surface area contributed by atoms with Crippen molar-refractivity contribution in [1.29, 1.82) is 0 Å². The lowest BCUT2D eigenvalue weighted by atomic mass is 9.88. The maximum absolute atomic E-state index is 12.6. The number of ether oxygens (including phenoxy) is 2. The van der Waals surface area contributed by atoms with E-state index in [0.717, 1.165) is 57.9 Å². The molecular weight excluding hydrogens is 510 g/mol. The van der Waals surface area contributed by atoms with Crippen LogP contribution in [0.2, 0.25) is 0 Å². The Morgan fingerprint density at radius 3 is 2.12 bits per heavy atom. The van der Waals surface area contributed by atoms with E-state index in [0.29, 0.717) is 19.4 Å². The van der Waals surface area contributed by atoms with Crippen molar-refractivity contribution in [3.8, 4) is 0 Å². The molecule has 1 saturated carbocycles. The van der Waals surface area contributed by atoms with Gasteiger partial charge < -0.3 is 14.4 Å². The van der Waals surface area contributed by atoms with Crippen LogP contribution in [0.4, 0.5) is 0 Å². The van der Waals surface area contributed by atoms with Gasteiger partial charge in [0, 0.05) is 18.8 Å². The van der Waals surface area contributed by atoms with Crippen molar-refractivity contribution in [2.24, 2.45) is 11.8 Å². The lowest BCUT2D eigenvalue weighted by Gasteiger charge is -2.24. The van der Waals surface area contributed by atoms with Crippen LogP contribution >= 0.6 is 0 Å². The number of carbonyl (C=O) groups excluding carboxylic acids is 2. The molecule has 1 aliphatic rings. The molecule has 0 amide bonds. The zero-order chi connectivity index (χ0) is 30.0. The number of allylic oxidation sites excluding steroid dienone is 6. The molecule has 0 aromatic heterocycles. The van der Waals surface area contributed by atoms with Crippen LogP contribution in [-0.2, 0) is 19.1 Å². The first-order valence-electron chi connectivity index (χ1n) is 16.9. The van der Waals surface area contributed by atoms with E-state index in [1.165, 1.54) is 57.8 Å². The minimum Gasteiger partial charge on any atom is -0.466 e. The Hall–Kier alpha value is -1.88. The summed E-state index contributed by atoms with van der Waals surface area (Å²) in [5, 5.41) is 0. The molecule has 1 fully saturated rings. The highest BCUT2D eigenvalue weighted by atomic mass is 16.5. The molecule has 0 bridgehead atoms. The second-order valence-electron chi connectivity index (χ2n) is 12.1. The normalized spacial score (nSPS) is 19.3. The summed E-state index contributed by atoms with van der Waals surface area (Å²) in [7, 11) is 4.03. The lowest BCUT2D eigenvalue weighted by molar-refractivity contribution is -0.151. The van der Waals surface area contributed by atoms with E-state index >= 15 is 0 Å². The molecule has 0 aliphatic heterocycles. The number of rotatable bonds is 25. The number of nitrogens with zero attached hydrogens (tertiary/aromatic N) is 1. The van der Waals surface area contributed by atoms with Crippen molar-refractivity contribution >= 4 is 11.9 Å². The summed E-state index contributed by atoms with van der Waals surface area (Å²) in [6.07, 6.45) is 33.2. The minimum atomic E-state index is -0.109. The van der Waals surface area contributed by atoms with Gasteiger partial charge in [-0.3, -0.25) is 9.59 Å². The third-order valence-electron chi connectivity index (χ3n) is 8.02. The summed E-state index contributed by atoms with van der Waals surface area (Å²) in [5.41, 5.74) is 0. The van der Waals surface area contributed by atoms with Gasteiger partial charge in [0.1, 0.15) is 6.10 Å². The van der Waals surface area contributed by atoms with Crippen molar-refractivity contribution in [1.82, 2.24) is 4.90 Å². The molecule has 3 unspecified atom stereocenters. The molecule has 0 heterocycles. The molecule has 0 radical (unpaired) electrons. The third kappa shape index (κ3) is 20.6. The molecule has 1 aliphatic carbocycles. The van der Waals surface area contributed by atoms with Gasteiger partial charge in [-0.05, 0) is 97.2 Å². The third-order valence-corrected chi connectivity index (χ3v) is 8.02. The van der Waals surface area contributed by atoms with Crippen molar-refractivity contribution in [2.75, 3.05) is 27.2 Å². The highest BCUT2D eigenvalue weighted by Crippen LogP contribution is 2.39. The molecular formula is C36H63NO4. The Balaban J connectivity index is 2.17. The molecule has 41 heavy (non-hydrogen) atoms. The fourth-order valence-electron chi connectivity index (χ4n) is 5.59. The first-order chi connectivity index (χ1) is 20.0. The number of carbonyl (C=O) groups is 2. The predicted octanol–water partition coefficient (Wildman–Crippen LogP) is 9.37. The SMILES string of the molecule is CC/C=C\CC1C(CC(=O)OCCCCCCCC/C=C\C/C=C\CCCCC)CCC1OC(=O)CCCN(C)C.